The second kappa shape index (κ2) is 7.26. The number of aryl methyl sites for hydroxylation is 3. The van der Waals surface area contributed by atoms with Crippen molar-refractivity contribution in [3.8, 4) is 0 Å². The molecule has 29 heavy (non-hydrogen) atoms. The molecule has 0 spiro atoms. The van der Waals surface area contributed by atoms with E-state index in [1.54, 1.807) is 6.08 Å². The van der Waals surface area contributed by atoms with E-state index >= 15 is 0 Å². The van der Waals surface area contributed by atoms with Crippen LogP contribution >= 0.6 is 12.2 Å². The molecule has 0 atom stereocenters. The minimum Gasteiger partial charge on any atom is -0.343 e. The summed E-state index contributed by atoms with van der Waals surface area (Å²) >= 11 is 5.31. The number of anilines is 1. The molecule has 5 nitrogen and oxygen atoms in total. The van der Waals surface area contributed by atoms with E-state index in [0.717, 1.165) is 28.1 Å². The number of carbonyl (C=O) groups excluding carboxylic acids is 2. The highest BCUT2D eigenvalue weighted by atomic mass is 32.1. The highest BCUT2D eigenvalue weighted by molar-refractivity contribution is 7.80. The van der Waals surface area contributed by atoms with Crippen LogP contribution in [0.5, 0.6) is 0 Å². The van der Waals surface area contributed by atoms with Crippen LogP contribution in [0.1, 0.15) is 48.8 Å². The van der Waals surface area contributed by atoms with Crippen LogP contribution in [0.2, 0.25) is 0 Å². The molecule has 6 heteroatoms. The van der Waals surface area contributed by atoms with E-state index < -0.39 is 11.8 Å². The van der Waals surface area contributed by atoms with Gasteiger partial charge in [0, 0.05) is 16.9 Å². The summed E-state index contributed by atoms with van der Waals surface area (Å²) in [6.45, 7) is 14.3. The number of aromatic nitrogens is 1. The SMILES string of the molecule is Cc1ccc(N2C(=O)/C(=C/c3cc(C)n(C(C)(C)C)c3C)C(=O)NC2=S)c(C)c1. The van der Waals surface area contributed by atoms with E-state index in [1.165, 1.54) is 4.90 Å². The number of carbonyl (C=O) groups is 2. The normalized spacial score (nSPS) is 16.6. The van der Waals surface area contributed by atoms with Crippen LogP contribution in [0.4, 0.5) is 5.69 Å². The molecule has 2 heterocycles. The van der Waals surface area contributed by atoms with Gasteiger partial charge in [0.05, 0.1) is 5.69 Å². The summed E-state index contributed by atoms with van der Waals surface area (Å²) in [7, 11) is 0. The monoisotopic (exact) mass is 409 g/mol. The summed E-state index contributed by atoms with van der Waals surface area (Å²) in [5.41, 5.74) is 5.60. The average Bonchev–Trinajstić information content (AvgIpc) is 2.86. The molecular weight excluding hydrogens is 382 g/mol. The van der Waals surface area contributed by atoms with Gasteiger partial charge in [0.1, 0.15) is 5.57 Å². The molecule has 2 aromatic rings. The Morgan fingerprint density at radius 3 is 2.24 bits per heavy atom. The number of amides is 2. The minimum atomic E-state index is -0.471. The quantitative estimate of drug-likeness (QED) is 0.457. The molecule has 1 N–H and O–H groups in total. The first-order chi connectivity index (χ1) is 13.4. The van der Waals surface area contributed by atoms with E-state index in [2.05, 4.69) is 30.7 Å². The van der Waals surface area contributed by atoms with Crippen LogP contribution in [0.15, 0.2) is 29.8 Å². The largest absolute Gasteiger partial charge is 0.343 e. The smallest absolute Gasteiger partial charge is 0.270 e. The van der Waals surface area contributed by atoms with Gasteiger partial charge in [0.25, 0.3) is 11.8 Å². The fourth-order valence-corrected chi connectivity index (χ4v) is 4.33. The molecule has 0 radical (unpaired) electrons. The van der Waals surface area contributed by atoms with Crippen LogP contribution < -0.4 is 10.2 Å². The molecule has 1 aliphatic heterocycles. The molecule has 0 saturated carbocycles. The fourth-order valence-electron chi connectivity index (χ4n) is 4.05. The Hall–Kier alpha value is -2.73. The van der Waals surface area contributed by atoms with Gasteiger partial charge in [-0.25, -0.2) is 0 Å². The fraction of sp³-hybridized carbons (Fsp3) is 0.348. The van der Waals surface area contributed by atoms with Crippen LogP contribution in [0, 0.1) is 27.7 Å². The highest BCUT2D eigenvalue weighted by Crippen LogP contribution is 2.29. The first-order valence-electron chi connectivity index (χ1n) is 9.60. The second-order valence-electron chi connectivity index (χ2n) is 8.58. The third kappa shape index (κ3) is 3.77. The lowest BCUT2D eigenvalue weighted by Gasteiger charge is -2.30. The van der Waals surface area contributed by atoms with Crippen molar-refractivity contribution in [1.29, 1.82) is 0 Å². The van der Waals surface area contributed by atoms with E-state index in [9.17, 15) is 9.59 Å². The van der Waals surface area contributed by atoms with E-state index in [4.69, 9.17) is 12.2 Å². The molecule has 1 saturated heterocycles. The van der Waals surface area contributed by atoms with Crippen molar-refractivity contribution >= 4 is 40.9 Å². The van der Waals surface area contributed by atoms with Crippen molar-refractivity contribution in [2.75, 3.05) is 4.90 Å². The Morgan fingerprint density at radius 2 is 1.69 bits per heavy atom. The molecular formula is C23H27N3O2S. The van der Waals surface area contributed by atoms with Gasteiger partial charge in [0.2, 0.25) is 0 Å². The third-order valence-electron chi connectivity index (χ3n) is 5.14. The number of hydrogen-bond donors (Lipinski definition) is 1. The Kier molecular flexibility index (Phi) is 5.26. The summed E-state index contributed by atoms with van der Waals surface area (Å²) in [5.74, 6) is -0.882. The molecule has 0 bridgehead atoms. The zero-order valence-electron chi connectivity index (χ0n) is 18.0. The van der Waals surface area contributed by atoms with Gasteiger partial charge in [-0.1, -0.05) is 17.7 Å². The van der Waals surface area contributed by atoms with E-state index in [0.29, 0.717) is 5.69 Å². The van der Waals surface area contributed by atoms with Crippen LogP contribution in [0.25, 0.3) is 6.08 Å². The first-order valence-corrected chi connectivity index (χ1v) is 10.0. The molecule has 152 valence electrons. The lowest BCUT2D eigenvalue weighted by molar-refractivity contribution is -0.122. The first kappa shape index (κ1) is 21.0. The number of thiocarbonyl (C=S) groups is 1. The van der Waals surface area contributed by atoms with Crippen LogP contribution in [0.3, 0.4) is 0 Å². The summed E-state index contributed by atoms with van der Waals surface area (Å²) in [5, 5.41) is 2.77. The Balaban J connectivity index is 2.09. The maximum atomic E-state index is 13.3. The zero-order valence-corrected chi connectivity index (χ0v) is 18.8. The summed E-state index contributed by atoms with van der Waals surface area (Å²) in [6, 6.07) is 7.77. The Labute approximate surface area is 177 Å². The van der Waals surface area contributed by atoms with Crippen molar-refractivity contribution in [2.24, 2.45) is 0 Å². The van der Waals surface area contributed by atoms with E-state index in [-0.39, 0.29) is 16.2 Å². The third-order valence-corrected chi connectivity index (χ3v) is 5.42. The van der Waals surface area contributed by atoms with Crippen LogP contribution in [-0.2, 0) is 15.1 Å². The Morgan fingerprint density at radius 1 is 1.03 bits per heavy atom. The van der Waals surface area contributed by atoms with Gasteiger partial charge in [-0.05, 0) is 90.0 Å². The van der Waals surface area contributed by atoms with Crippen molar-refractivity contribution in [3.63, 3.8) is 0 Å². The molecule has 0 unspecified atom stereocenters. The average molecular weight is 410 g/mol. The molecule has 2 amide bonds. The highest BCUT2D eigenvalue weighted by Gasteiger charge is 2.35. The molecule has 1 aliphatic rings. The molecule has 3 rings (SSSR count). The maximum absolute atomic E-state index is 13.3. The molecule has 1 aromatic heterocycles. The topological polar surface area (TPSA) is 54.3 Å². The predicted molar refractivity (Wildman–Crippen MR) is 121 cm³/mol. The second-order valence-corrected chi connectivity index (χ2v) is 8.97. The lowest BCUT2D eigenvalue weighted by Crippen LogP contribution is -2.54. The molecule has 1 aromatic carbocycles. The predicted octanol–water partition coefficient (Wildman–Crippen LogP) is 4.31. The molecule has 0 aliphatic carbocycles. The number of hydrogen-bond acceptors (Lipinski definition) is 3. The van der Waals surface area contributed by atoms with Crippen molar-refractivity contribution in [2.45, 2.75) is 54.0 Å². The lowest BCUT2D eigenvalue weighted by atomic mass is 10.0. The van der Waals surface area contributed by atoms with Gasteiger partial charge in [-0.2, -0.15) is 0 Å². The summed E-state index contributed by atoms with van der Waals surface area (Å²) in [4.78, 5) is 27.3. The van der Waals surface area contributed by atoms with Crippen molar-refractivity contribution < 1.29 is 9.59 Å². The summed E-state index contributed by atoms with van der Waals surface area (Å²) < 4.78 is 2.21. The standard InChI is InChI=1S/C23H27N3O2S/c1-13-8-9-19(14(2)10-13)25-21(28)18(20(27)24-22(25)29)12-17-11-15(3)26(16(17)4)23(5,6)7/h8-12H,1-7H3,(H,24,27,29)/b18-12+. The minimum absolute atomic E-state index is 0.0766. The van der Waals surface area contributed by atoms with Crippen LogP contribution in [-0.4, -0.2) is 21.5 Å². The van der Waals surface area contributed by atoms with Gasteiger partial charge in [0.15, 0.2) is 5.11 Å². The van der Waals surface area contributed by atoms with Gasteiger partial charge < -0.3 is 4.57 Å². The number of rotatable bonds is 2. The number of nitrogens with zero attached hydrogens (tertiary/aromatic N) is 2. The number of nitrogens with one attached hydrogen (secondary N) is 1. The zero-order chi connectivity index (χ0) is 21.7. The summed E-state index contributed by atoms with van der Waals surface area (Å²) in [6.07, 6.45) is 1.67. The van der Waals surface area contributed by atoms with E-state index in [1.807, 2.05) is 52.0 Å². The van der Waals surface area contributed by atoms with Crippen molar-refractivity contribution in [3.05, 3.63) is 57.9 Å². The van der Waals surface area contributed by atoms with Gasteiger partial charge in [-0.3, -0.25) is 19.8 Å². The Bertz CT molecular complexity index is 1070. The maximum Gasteiger partial charge on any atom is 0.270 e. The van der Waals surface area contributed by atoms with Crippen molar-refractivity contribution in [1.82, 2.24) is 9.88 Å². The molecule has 1 fully saturated rings. The number of benzene rings is 1. The van der Waals surface area contributed by atoms with Gasteiger partial charge in [-0.15, -0.1) is 0 Å². The van der Waals surface area contributed by atoms with Gasteiger partial charge >= 0.3 is 0 Å².